The molecule has 0 radical (unpaired) electrons. The molecule has 21 heavy (non-hydrogen) atoms. The van der Waals surface area contributed by atoms with Crippen molar-refractivity contribution < 1.29 is 4.79 Å². The highest BCUT2D eigenvalue weighted by Gasteiger charge is 2.23. The smallest absolute Gasteiger partial charge is 0.217 e. The predicted molar refractivity (Wildman–Crippen MR) is 99.0 cm³/mol. The largest absolute Gasteiger partial charge is 0.370 e. The van der Waals surface area contributed by atoms with Crippen molar-refractivity contribution >= 4 is 35.8 Å². The third-order valence-electron chi connectivity index (χ3n) is 4.22. The number of carbonyl (C=O) groups excluding carboxylic acids is 1. The van der Waals surface area contributed by atoms with Gasteiger partial charge in [0.2, 0.25) is 5.91 Å². The van der Waals surface area contributed by atoms with Crippen LogP contribution in [-0.2, 0) is 4.79 Å². The maximum Gasteiger partial charge on any atom is 0.217 e. The first kappa shape index (κ1) is 20.5. The molecular formula is C15H31IN4O. The number of nitrogens with one attached hydrogen (secondary N) is 1. The van der Waals surface area contributed by atoms with E-state index in [-0.39, 0.29) is 29.9 Å². The summed E-state index contributed by atoms with van der Waals surface area (Å²) >= 11 is 0. The Bertz CT molecular complexity index is 332. The van der Waals surface area contributed by atoms with Crippen LogP contribution in [-0.4, -0.2) is 43.4 Å². The number of aliphatic imine (C=N–C) groups is 1. The van der Waals surface area contributed by atoms with Crippen molar-refractivity contribution in [2.45, 2.75) is 46.0 Å². The van der Waals surface area contributed by atoms with Crippen LogP contribution in [0.2, 0.25) is 0 Å². The van der Waals surface area contributed by atoms with Crippen molar-refractivity contribution in [1.29, 1.82) is 0 Å². The molecule has 6 heteroatoms. The predicted octanol–water partition coefficient (Wildman–Crippen LogP) is 2.20. The first-order valence-corrected chi connectivity index (χ1v) is 7.84. The Morgan fingerprint density at radius 3 is 2.62 bits per heavy atom. The van der Waals surface area contributed by atoms with E-state index in [1.165, 1.54) is 12.8 Å². The Balaban J connectivity index is 0.00000400. The van der Waals surface area contributed by atoms with E-state index >= 15 is 0 Å². The van der Waals surface area contributed by atoms with Gasteiger partial charge in [-0.15, -0.1) is 24.0 Å². The minimum Gasteiger partial charge on any atom is -0.370 e. The maximum absolute atomic E-state index is 11.1. The molecule has 1 unspecified atom stereocenters. The fourth-order valence-electron chi connectivity index (χ4n) is 2.85. The van der Waals surface area contributed by atoms with Gasteiger partial charge in [0.05, 0.1) is 0 Å². The number of primary amides is 1. The molecule has 0 bridgehead atoms. The fourth-order valence-corrected chi connectivity index (χ4v) is 2.85. The molecule has 1 saturated heterocycles. The van der Waals surface area contributed by atoms with E-state index in [4.69, 9.17) is 5.73 Å². The van der Waals surface area contributed by atoms with E-state index in [1.54, 1.807) is 0 Å². The lowest BCUT2D eigenvalue weighted by Crippen LogP contribution is -2.48. The summed E-state index contributed by atoms with van der Waals surface area (Å²) < 4.78 is 0. The molecule has 3 N–H and O–H groups in total. The summed E-state index contributed by atoms with van der Waals surface area (Å²) in [5.41, 5.74) is 5.31. The monoisotopic (exact) mass is 410 g/mol. The zero-order valence-corrected chi connectivity index (χ0v) is 15.9. The minimum atomic E-state index is -0.197. The third kappa shape index (κ3) is 7.33. The van der Waals surface area contributed by atoms with Crippen molar-refractivity contribution in [3.8, 4) is 0 Å². The van der Waals surface area contributed by atoms with E-state index in [1.807, 2.05) is 7.05 Å². The van der Waals surface area contributed by atoms with Crippen LogP contribution in [0.15, 0.2) is 4.99 Å². The highest BCUT2D eigenvalue weighted by Crippen LogP contribution is 2.19. The van der Waals surface area contributed by atoms with Crippen LogP contribution >= 0.6 is 24.0 Å². The van der Waals surface area contributed by atoms with Crippen LogP contribution in [0.3, 0.4) is 0 Å². The summed E-state index contributed by atoms with van der Waals surface area (Å²) in [4.78, 5) is 17.7. The van der Waals surface area contributed by atoms with Gasteiger partial charge < -0.3 is 16.0 Å². The maximum atomic E-state index is 11.1. The molecule has 1 heterocycles. The second kappa shape index (κ2) is 11.1. The number of nitrogens with two attached hydrogens (primary N) is 1. The van der Waals surface area contributed by atoms with E-state index in [0.717, 1.165) is 38.4 Å². The van der Waals surface area contributed by atoms with Crippen LogP contribution < -0.4 is 11.1 Å². The van der Waals surface area contributed by atoms with Crippen LogP contribution in [0.25, 0.3) is 0 Å². The summed E-state index contributed by atoms with van der Waals surface area (Å²) in [5.74, 6) is 1.83. The second-order valence-corrected chi connectivity index (χ2v) is 5.74. The van der Waals surface area contributed by atoms with E-state index in [0.29, 0.717) is 18.3 Å². The molecule has 1 atom stereocenters. The minimum absolute atomic E-state index is 0. The number of piperidine rings is 1. The van der Waals surface area contributed by atoms with Gasteiger partial charge in [-0.05, 0) is 24.7 Å². The molecule has 1 rings (SSSR count). The van der Waals surface area contributed by atoms with Crippen molar-refractivity contribution in [2.24, 2.45) is 22.6 Å². The number of rotatable bonds is 6. The highest BCUT2D eigenvalue weighted by molar-refractivity contribution is 14.0. The van der Waals surface area contributed by atoms with E-state index < -0.39 is 0 Å². The van der Waals surface area contributed by atoms with Gasteiger partial charge in [0.1, 0.15) is 0 Å². The summed E-state index contributed by atoms with van der Waals surface area (Å²) in [6.45, 7) is 7.31. The van der Waals surface area contributed by atoms with Gasteiger partial charge in [-0.3, -0.25) is 9.79 Å². The number of nitrogens with zero attached hydrogens (tertiary/aromatic N) is 2. The average molecular weight is 410 g/mol. The number of hydrogen-bond donors (Lipinski definition) is 2. The highest BCUT2D eigenvalue weighted by atomic mass is 127. The number of guanidine groups is 1. The van der Waals surface area contributed by atoms with Crippen molar-refractivity contribution in [2.75, 3.05) is 26.7 Å². The van der Waals surface area contributed by atoms with Gasteiger partial charge >= 0.3 is 0 Å². The van der Waals surface area contributed by atoms with Crippen LogP contribution in [0.1, 0.15) is 46.0 Å². The van der Waals surface area contributed by atoms with Gasteiger partial charge in [0, 0.05) is 33.1 Å². The number of halogens is 1. The first-order chi connectivity index (χ1) is 9.60. The van der Waals surface area contributed by atoms with Gasteiger partial charge in [-0.25, -0.2) is 0 Å². The lowest BCUT2D eigenvalue weighted by Gasteiger charge is -2.35. The molecule has 1 aliphatic rings. The zero-order valence-electron chi connectivity index (χ0n) is 13.6. The van der Waals surface area contributed by atoms with E-state index in [9.17, 15) is 4.79 Å². The number of hydrogen-bond acceptors (Lipinski definition) is 2. The summed E-state index contributed by atoms with van der Waals surface area (Å²) in [7, 11) is 1.83. The molecule has 0 aromatic carbocycles. The first-order valence-electron chi connectivity index (χ1n) is 7.84. The second-order valence-electron chi connectivity index (χ2n) is 5.74. The Hall–Kier alpha value is -0.530. The summed E-state index contributed by atoms with van der Waals surface area (Å²) in [6, 6.07) is 0. The zero-order chi connectivity index (χ0) is 15.0. The lowest BCUT2D eigenvalue weighted by molar-refractivity contribution is -0.119. The average Bonchev–Trinajstić information content (AvgIpc) is 2.43. The van der Waals surface area contributed by atoms with Gasteiger partial charge in [0.25, 0.3) is 0 Å². The molecule has 0 aromatic heterocycles. The molecule has 5 nitrogen and oxygen atoms in total. The third-order valence-corrected chi connectivity index (χ3v) is 4.22. The Kier molecular flexibility index (Phi) is 10.8. The molecule has 1 amide bonds. The normalized spacial score (nSPS) is 19.3. The van der Waals surface area contributed by atoms with Crippen LogP contribution in [0, 0.1) is 11.8 Å². The van der Waals surface area contributed by atoms with Gasteiger partial charge in [0.15, 0.2) is 5.96 Å². The molecule has 1 fully saturated rings. The van der Waals surface area contributed by atoms with Crippen molar-refractivity contribution in [3.63, 3.8) is 0 Å². The number of amides is 1. The number of likely N-dealkylation sites (tertiary alicyclic amines) is 1. The van der Waals surface area contributed by atoms with Crippen molar-refractivity contribution in [1.82, 2.24) is 10.2 Å². The van der Waals surface area contributed by atoms with Crippen LogP contribution in [0.4, 0.5) is 0 Å². The Morgan fingerprint density at radius 2 is 2.10 bits per heavy atom. The molecule has 124 valence electrons. The number of carbonyl (C=O) groups is 1. The van der Waals surface area contributed by atoms with Crippen molar-refractivity contribution in [3.05, 3.63) is 0 Å². The molecular weight excluding hydrogens is 379 g/mol. The van der Waals surface area contributed by atoms with E-state index in [2.05, 4.69) is 29.1 Å². The fraction of sp³-hybridized carbons (Fsp3) is 0.867. The Labute approximate surface area is 146 Å². The topological polar surface area (TPSA) is 70.7 Å². The lowest BCUT2D eigenvalue weighted by atomic mass is 9.95. The molecule has 0 saturated carbocycles. The SMILES string of the molecule is CCC(CC)CNC(=NC)N1CCCC(CC(N)=O)C1.I. The Morgan fingerprint density at radius 1 is 1.43 bits per heavy atom. The molecule has 1 aliphatic heterocycles. The standard InChI is InChI=1S/C15H30N4O.HI/c1-4-12(5-2)10-18-15(17-3)19-8-6-7-13(11-19)9-14(16)20;/h12-13H,4-11H2,1-3H3,(H2,16,20)(H,17,18);1H. The van der Waals surface area contributed by atoms with Crippen LogP contribution in [0.5, 0.6) is 0 Å². The summed E-state index contributed by atoms with van der Waals surface area (Å²) in [6.07, 6.45) is 5.04. The molecule has 0 aromatic rings. The quantitative estimate of drug-likeness (QED) is 0.401. The molecule has 0 spiro atoms. The van der Waals surface area contributed by atoms with Gasteiger partial charge in [-0.1, -0.05) is 26.7 Å². The molecule has 0 aliphatic carbocycles. The van der Waals surface area contributed by atoms with Gasteiger partial charge in [-0.2, -0.15) is 0 Å². The summed E-state index contributed by atoms with van der Waals surface area (Å²) in [5, 5.41) is 3.47.